The SMILES string of the molecule is CC(C)(C)OC(=O)N=CC1C[C@@H]1c1ccc(Br)cc1. The Hall–Kier alpha value is -1.16. The van der Waals surface area contributed by atoms with Crippen LogP contribution in [0, 0.1) is 5.92 Å². The van der Waals surface area contributed by atoms with E-state index in [1.807, 2.05) is 32.9 Å². The minimum atomic E-state index is -0.506. The topological polar surface area (TPSA) is 38.7 Å². The monoisotopic (exact) mass is 323 g/mol. The molecule has 0 bridgehead atoms. The van der Waals surface area contributed by atoms with E-state index in [0.29, 0.717) is 11.8 Å². The van der Waals surface area contributed by atoms with Crippen LogP contribution in [0.5, 0.6) is 0 Å². The van der Waals surface area contributed by atoms with Crippen LogP contribution in [-0.4, -0.2) is 17.9 Å². The van der Waals surface area contributed by atoms with Gasteiger partial charge in [0.1, 0.15) is 5.60 Å². The Morgan fingerprint density at radius 3 is 2.58 bits per heavy atom. The molecule has 0 heterocycles. The van der Waals surface area contributed by atoms with Gasteiger partial charge in [-0.3, -0.25) is 0 Å². The highest BCUT2D eigenvalue weighted by molar-refractivity contribution is 9.10. The summed E-state index contributed by atoms with van der Waals surface area (Å²) in [6.07, 6.45) is 2.27. The van der Waals surface area contributed by atoms with Crippen molar-refractivity contribution >= 4 is 28.2 Å². The fourth-order valence-electron chi connectivity index (χ4n) is 1.92. The summed E-state index contributed by atoms with van der Waals surface area (Å²) in [5, 5.41) is 0. The molecule has 1 fully saturated rings. The van der Waals surface area contributed by atoms with E-state index in [-0.39, 0.29) is 0 Å². The molecule has 2 atom stereocenters. The highest BCUT2D eigenvalue weighted by Crippen LogP contribution is 2.46. The van der Waals surface area contributed by atoms with E-state index in [0.717, 1.165) is 10.9 Å². The maximum absolute atomic E-state index is 11.5. The van der Waals surface area contributed by atoms with Gasteiger partial charge in [0.15, 0.2) is 0 Å². The zero-order valence-corrected chi connectivity index (χ0v) is 13.0. The molecule has 0 aromatic heterocycles. The van der Waals surface area contributed by atoms with Crippen LogP contribution < -0.4 is 0 Å². The lowest BCUT2D eigenvalue weighted by Crippen LogP contribution is -2.21. The fraction of sp³-hybridized carbons (Fsp3) is 0.467. The summed E-state index contributed by atoms with van der Waals surface area (Å²) in [6, 6.07) is 8.29. The lowest BCUT2D eigenvalue weighted by Gasteiger charge is -2.17. The van der Waals surface area contributed by atoms with E-state index in [1.165, 1.54) is 5.56 Å². The summed E-state index contributed by atoms with van der Waals surface area (Å²) in [5.74, 6) is 0.841. The van der Waals surface area contributed by atoms with Crippen LogP contribution in [0.3, 0.4) is 0 Å². The highest BCUT2D eigenvalue weighted by Gasteiger charge is 2.37. The van der Waals surface area contributed by atoms with Crippen LogP contribution in [0.25, 0.3) is 0 Å². The second-order valence-electron chi connectivity index (χ2n) is 5.82. The Morgan fingerprint density at radius 1 is 1.37 bits per heavy atom. The number of nitrogens with zero attached hydrogens (tertiary/aromatic N) is 1. The normalized spacial score (nSPS) is 22.5. The maximum atomic E-state index is 11.5. The third kappa shape index (κ3) is 4.46. The van der Waals surface area contributed by atoms with E-state index in [9.17, 15) is 4.79 Å². The first-order valence-electron chi connectivity index (χ1n) is 6.38. The van der Waals surface area contributed by atoms with Gasteiger partial charge in [-0.1, -0.05) is 28.1 Å². The molecule has 19 heavy (non-hydrogen) atoms. The third-order valence-corrected chi connectivity index (χ3v) is 3.43. The number of ether oxygens (including phenoxy) is 1. The number of carbonyl (C=O) groups is 1. The number of rotatable bonds is 2. The molecule has 3 nitrogen and oxygen atoms in total. The van der Waals surface area contributed by atoms with Gasteiger partial charge in [-0.2, -0.15) is 4.99 Å². The Bertz CT molecular complexity index is 488. The van der Waals surface area contributed by atoms with Crippen LogP contribution in [0.15, 0.2) is 33.7 Å². The third-order valence-electron chi connectivity index (χ3n) is 2.90. The molecule has 1 unspecified atom stereocenters. The molecule has 102 valence electrons. The zero-order valence-electron chi connectivity index (χ0n) is 11.4. The molecule has 0 spiro atoms. The number of halogens is 1. The molecule has 1 amide bonds. The van der Waals surface area contributed by atoms with Crippen LogP contribution in [0.1, 0.15) is 38.7 Å². The molecule has 4 heteroatoms. The Morgan fingerprint density at radius 2 is 2.00 bits per heavy atom. The first-order valence-corrected chi connectivity index (χ1v) is 7.17. The fourth-order valence-corrected chi connectivity index (χ4v) is 2.18. The Labute approximate surface area is 122 Å². The van der Waals surface area contributed by atoms with Crippen molar-refractivity contribution in [3.8, 4) is 0 Å². The molecule has 1 aromatic carbocycles. The number of carbonyl (C=O) groups excluding carboxylic acids is 1. The largest absolute Gasteiger partial charge is 0.442 e. The molecule has 1 aliphatic carbocycles. The van der Waals surface area contributed by atoms with Crippen molar-refractivity contribution in [1.29, 1.82) is 0 Å². The number of benzene rings is 1. The minimum Gasteiger partial charge on any atom is -0.442 e. The molecule has 0 N–H and O–H groups in total. The second kappa shape index (κ2) is 5.45. The summed E-state index contributed by atoms with van der Waals surface area (Å²) in [5.41, 5.74) is 0.812. The average molecular weight is 324 g/mol. The highest BCUT2D eigenvalue weighted by atomic mass is 79.9. The number of hydrogen-bond acceptors (Lipinski definition) is 2. The summed E-state index contributed by atoms with van der Waals surface area (Å²) < 4.78 is 6.21. The number of hydrogen-bond donors (Lipinski definition) is 0. The standard InChI is InChI=1S/C15H18BrNO2/c1-15(2,3)19-14(18)17-9-11-8-13(11)10-4-6-12(16)7-5-10/h4-7,9,11,13H,8H2,1-3H3/t11?,13-/m1/s1. The molecule has 1 saturated carbocycles. The van der Waals surface area contributed by atoms with Gasteiger partial charge in [-0.25, -0.2) is 4.79 Å². The smallest absolute Gasteiger partial charge is 0.433 e. The van der Waals surface area contributed by atoms with Crippen molar-refractivity contribution in [2.75, 3.05) is 0 Å². The summed E-state index contributed by atoms with van der Waals surface area (Å²) in [7, 11) is 0. The molecular weight excluding hydrogens is 306 g/mol. The molecular formula is C15H18BrNO2. The average Bonchev–Trinajstić information content (AvgIpc) is 3.04. The van der Waals surface area contributed by atoms with E-state index in [1.54, 1.807) is 6.21 Å². The van der Waals surface area contributed by atoms with E-state index in [4.69, 9.17) is 4.74 Å². The predicted octanol–water partition coefficient (Wildman–Crippen LogP) is 4.56. The second-order valence-corrected chi connectivity index (χ2v) is 6.73. The molecule has 1 aromatic rings. The van der Waals surface area contributed by atoms with Crippen LogP contribution >= 0.6 is 15.9 Å². The van der Waals surface area contributed by atoms with Gasteiger partial charge >= 0.3 is 6.09 Å². The minimum absolute atomic E-state index is 0.355. The van der Waals surface area contributed by atoms with E-state index in [2.05, 4.69) is 33.1 Å². The molecule has 1 aliphatic rings. The first-order chi connectivity index (χ1) is 8.85. The van der Waals surface area contributed by atoms with Gasteiger partial charge in [0.05, 0.1) is 0 Å². The molecule has 0 aliphatic heterocycles. The predicted molar refractivity (Wildman–Crippen MR) is 79.7 cm³/mol. The van der Waals surface area contributed by atoms with Gasteiger partial charge in [0, 0.05) is 16.6 Å². The first kappa shape index (κ1) is 14.3. The molecule has 0 saturated heterocycles. The van der Waals surface area contributed by atoms with Gasteiger partial charge in [0.2, 0.25) is 0 Å². The van der Waals surface area contributed by atoms with Crippen molar-refractivity contribution in [2.24, 2.45) is 10.9 Å². The van der Waals surface area contributed by atoms with E-state index < -0.39 is 11.7 Å². The lowest BCUT2D eigenvalue weighted by molar-refractivity contribution is 0.0604. The van der Waals surface area contributed by atoms with Crippen LogP contribution in [0.2, 0.25) is 0 Å². The van der Waals surface area contributed by atoms with Crippen molar-refractivity contribution < 1.29 is 9.53 Å². The molecule has 2 rings (SSSR count). The van der Waals surface area contributed by atoms with Gasteiger partial charge in [-0.05, 0) is 50.8 Å². The molecule has 0 radical (unpaired) electrons. The summed E-state index contributed by atoms with van der Waals surface area (Å²) in [4.78, 5) is 15.3. The van der Waals surface area contributed by atoms with E-state index >= 15 is 0 Å². The maximum Gasteiger partial charge on any atom is 0.433 e. The summed E-state index contributed by atoms with van der Waals surface area (Å²) in [6.45, 7) is 5.51. The van der Waals surface area contributed by atoms with Crippen molar-refractivity contribution in [3.05, 3.63) is 34.3 Å². The van der Waals surface area contributed by atoms with Crippen LogP contribution in [-0.2, 0) is 4.74 Å². The lowest BCUT2D eigenvalue weighted by atomic mass is 10.1. The van der Waals surface area contributed by atoms with Gasteiger partial charge in [0.25, 0.3) is 0 Å². The zero-order chi connectivity index (χ0) is 14.0. The summed E-state index contributed by atoms with van der Waals surface area (Å²) >= 11 is 3.42. The van der Waals surface area contributed by atoms with Crippen molar-refractivity contribution in [1.82, 2.24) is 0 Å². The quantitative estimate of drug-likeness (QED) is 0.748. The number of amides is 1. The number of aliphatic imine (C=N–C) groups is 1. The van der Waals surface area contributed by atoms with Crippen LogP contribution in [0.4, 0.5) is 4.79 Å². The Kier molecular flexibility index (Phi) is 4.09. The van der Waals surface area contributed by atoms with Crippen molar-refractivity contribution in [3.63, 3.8) is 0 Å². The van der Waals surface area contributed by atoms with Crippen molar-refractivity contribution in [2.45, 2.75) is 38.7 Å². The van der Waals surface area contributed by atoms with Gasteiger partial charge in [-0.15, -0.1) is 0 Å². The Balaban J connectivity index is 1.87. The van der Waals surface area contributed by atoms with Gasteiger partial charge < -0.3 is 4.74 Å².